The van der Waals surface area contributed by atoms with Crippen molar-refractivity contribution in [2.24, 2.45) is 0 Å². The predicted octanol–water partition coefficient (Wildman–Crippen LogP) is 3.78. The van der Waals surface area contributed by atoms with Crippen LogP contribution >= 0.6 is 15.9 Å². The van der Waals surface area contributed by atoms with Crippen molar-refractivity contribution in [2.75, 3.05) is 5.32 Å². The van der Waals surface area contributed by atoms with Gasteiger partial charge in [-0.2, -0.15) is 4.39 Å². The minimum Gasteiger partial charge on any atom is -0.320 e. The highest BCUT2D eigenvalue weighted by molar-refractivity contribution is 9.10. The van der Waals surface area contributed by atoms with Gasteiger partial charge < -0.3 is 5.32 Å². The lowest BCUT2D eigenvalue weighted by molar-refractivity contribution is 0.102. The van der Waals surface area contributed by atoms with E-state index in [2.05, 4.69) is 31.2 Å². The Hall–Kier alpha value is -2.34. The van der Waals surface area contributed by atoms with E-state index in [-0.39, 0.29) is 5.56 Å². The molecule has 0 aliphatic carbocycles. The average Bonchev–Trinajstić information content (AvgIpc) is 2.47. The molecule has 0 bridgehead atoms. The van der Waals surface area contributed by atoms with E-state index in [9.17, 15) is 9.18 Å². The summed E-state index contributed by atoms with van der Waals surface area (Å²) in [6.45, 7) is 0. The molecule has 4 nitrogen and oxygen atoms in total. The fourth-order valence-corrected chi connectivity index (χ4v) is 2.32. The van der Waals surface area contributed by atoms with Crippen molar-refractivity contribution < 1.29 is 9.18 Å². The third-order valence-corrected chi connectivity index (χ3v) is 3.35. The first kappa shape index (κ1) is 13.6. The minimum atomic E-state index is -0.692. The molecule has 6 heteroatoms. The van der Waals surface area contributed by atoms with Crippen LogP contribution in [-0.4, -0.2) is 15.9 Å². The third kappa shape index (κ3) is 2.90. The van der Waals surface area contributed by atoms with Gasteiger partial charge in [-0.25, -0.2) is 4.98 Å². The van der Waals surface area contributed by atoms with Gasteiger partial charge in [0.05, 0.1) is 11.2 Å². The van der Waals surface area contributed by atoms with Crippen molar-refractivity contribution in [3.63, 3.8) is 0 Å². The molecule has 0 unspecified atom stereocenters. The monoisotopic (exact) mass is 345 g/mol. The number of nitrogens with one attached hydrogen (secondary N) is 1. The summed E-state index contributed by atoms with van der Waals surface area (Å²) in [6.07, 6.45) is 2.91. The second-order valence-corrected chi connectivity index (χ2v) is 5.27. The standard InChI is InChI=1S/C15H9BrFN3O/c16-11-6-9-2-1-3-12(14(9)19-8-11)20-15(21)10-4-5-18-13(17)7-10/h1-8H,(H,20,21). The lowest BCUT2D eigenvalue weighted by Gasteiger charge is -2.08. The zero-order valence-electron chi connectivity index (χ0n) is 10.7. The van der Waals surface area contributed by atoms with Crippen molar-refractivity contribution in [1.29, 1.82) is 0 Å². The van der Waals surface area contributed by atoms with Gasteiger partial charge in [0.25, 0.3) is 5.91 Å². The summed E-state index contributed by atoms with van der Waals surface area (Å²) in [6, 6.07) is 9.91. The molecular formula is C15H9BrFN3O. The first-order valence-electron chi connectivity index (χ1n) is 6.11. The summed E-state index contributed by atoms with van der Waals surface area (Å²) >= 11 is 3.35. The summed E-state index contributed by atoms with van der Waals surface area (Å²) in [4.78, 5) is 19.9. The van der Waals surface area contributed by atoms with Crippen LogP contribution in [0.15, 0.2) is 53.3 Å². The van der Waals surface area contributed by atoms with E-state index >= 15 is 0 Å². The smallest absolute Gasteiger partial charge is 0.255 e. The fourth-order valence-electron chi connectivity index (χ4n) is 1.97. The van der Waals surface area contributed by atoms with E-state index in [1.165, 1.54) is 12.3 Å². The number of hydrogen-bond donors (Lipinski definition) is 1. The molecule has 0 atom stereocenters. The molecule has 2 aromatic heterocycles. The zero-order chi connectivity index (χ0) is 14.8. The van der Waals surface area contributed by atoms with E-state index in [4.69, 9.17) is 0 Å². The first-order chi connectivity index (χ1) is 10.1. The topological polar surface area (TPSA) is 54.9 Å². The van der Waals surface area contributed by atoms with Crippen LogP contribution in [-0.2, 0) is 0 Å². The molecule has 1 N–H and O–H groups in total. The number of benzene rings is 1. The lowest BCUT2D eigenvalue weighted by atomic mass is 10.2. The van der Waals surface area contributed by atoms with Crippen molar-refractivity contribution in [2.45, 2.75) is 0 Å². The maximum Gasteiger partial charge on any atom is 0.255 e. The Bertz CT molecular complexity index is 838. The van der Waals surface area contributed by atoms with E-state index in [0.29, 0.717) is 11.2 Å². The second-order valence-electron chi connectivity index (χ2n) is 4.35. The number of hydrogen-bond acceptors (Lipinski definition) is 3. The number of carbonyl (C=O) groups excluding carboxylic acids is 1. The highest BCUT2D eigenvalue weighted by Gasteiger charge is 2.10. The Kier molecular flexibility index (Phi) is 3.62. The van der Waals surface area contributed by atoms with Crippen molar-refractivity contribution in [3.8, 4) is 0 Å². The van der Waals surface area contributed by atoms with Crippen LogP contribution in [0.3, 0.4) is 0 Å². The first-order valence-corrected chi connectivity index (χ1v) is 6.90. The molecule has 0 saturated carbocycles. The van der Waals surface area contributed by atoms with Gasteiger partial charge in [-0.1, -0.05) is 12.1 Å². The number of pyridine rings is 2. The molecule has 1 aromatic carbocycles. The molecule has 0 radical (unpaired) electrons. The number of amides is 1. The highest BCUT2D eigenvalue weighted by Crippen LogP contribution is 2.24. The van der Waals surface area contributed by atoms with Crippen LogP contribution < -0.4 is 5.32 Å². The molecule has 3 rings (SSSR count). The van der Waals surface area contributed by atoms with Gasteiger partial charge >= 0.3 is 0 Å². The summed E-state index contributed by atoms with van der Waals surface area (Å²) in [5, 5.41) is 3.63. The predicted molar refractivity (Wildman–Crippen MR) is 81.6 cm³/mol. The Morgan fingerprint density at radius 2 is 2.05 bits per heavy atom. The van der Waals surface area contributed by atoms with E-state index in [1.807, 2.05) is 18.2 Å². The van der Waals surface area contributed by atoms with Crippen LogP contribution in [0.1, 0.15) is 10.4 Å². The molecule has 0 aliphatic rings. The number of nitrogens with zero attached hydrogens (tertiary/aromatic N) is 2. The summed E-state index contributed by atoms with van der Waals surface area (Å²) in [5.41, 5.74) is 1.45. The quantitative estimate of drug-likeness (QED) is 0.719. The van der Waals surface area contributed by atoms with E-state index in [1.54, 1.807) is 12.3 Å². The Labute approximate surface area is 128 Å². The van der Waals surface area contributed by atoms with Crippen LogP contribution in [0.2, 0.25) is 0 Å². The van der Waals surface area contributed by atoms with Crippen LogP contribution in [0.25, 0.3) is 10.9 Å². The maximum absolute atomic E-state index is 13.1. The fraction of sp³-hybridized carbons (Fsp3) is 0. The van der Waals surface area contributed by atoms with Gasteiger partial charge in [-0.15, -0.1) is 0 Å². The number of halogens is 2. The molecule has 0 spiro atoms. The van der Waals surface area contributed by atoms with Gasteiger partial charge in [-0.3, -0.25) is 9.78 Å². The molecule has 2 heterocycles. The number of carbonyl (C=O) groups is 1. The normalized spacial score (nSPS) is 10.6. The van der Waals surface area contributed by atoms with Gasteiger partial charge in [-0.05, 0) is 34.1 Å². The summed E-state index contributed by atoms with van der Waals surface area (Å²) in [7, 11) is 0. The molecule has 21 heavy (non-hydrogen) atoms. The summed E-state index contributed by atoms with van der Waals surface area (Å²) in [5.74, 6) is -1.10. The van der Waals surface area contributed by atoms with E-state index in [0.717, 1.165) is 15.9 Å². The minimum absolute atomic E-state index is 0.205. The Balaban J connectivity index is 1.96. The average molecular weight is 346 g/mol. The maximum atomic E-state index is 13.1. The van der Waals surface area contributed by atoms with E-state index < -0.39 is 11.9 Å². The number of anilines is 1. The molecule has 0 fully saturated rings. The van der Waals surface area contributed by atoms with Gasteiger partial charge in [0.15, 0.2) is 0 Å². The Morgan fingerprint density at radius 3 is 2.86 bits per heavy atom. The van der Waals surface area contributed by atoms with Gasteiger partial charge in [0.1, 0.15) is 0 Å². The van der Waals surface area contributed by atoms with Crippen LogP contribution in [0.5, 0.6) is 0 Å². The molecule has 0 aliphatic heterocycles. The highest BCUT2D eigenvalue weighted by atomic mass is 79.9. The number of para-hydroxylation sites is 1. The van der Waals surface area contributed by atoms with Crippen molar-refractivity contribution in [3.05, 3.63) is 64.8 Å². The number of fused-ring (bicyclic) bond motifs is 1. The summed E-state index contributed by atoms with van der Waals surface area (Å²) < 4.78 is 13.9. The largest absolute Gasteiger partial charge is 0.320 e. The molecule has 0 saturated heterocycles. The second kappa shape index (κ2) is 5.57. The van der Waals surface area contributed by atoms with Crippen LogP contribution in [0, 0.1) is 5.95 Å². The zero-order valence-corrected chi connectivity index (χ0v) is 12.3. The van der Waals surface area contributed by atoms with Crippen LogP contribution in [0.4, 0.5) is 10.1 Å². The molecular weight excluding hydrogens is 337 g/mol. The Morgan fingerprint density at radius 1 is 1.19 bits per heavy atom. The van der Waals surface area contributed by atoms with Crippen molar-refractivity contribution >= 4 is 38.4 Å². The van der Waals surface area contributed by atoms with Crippen molar-refractivity contribution in [1.82, 2.24) is 9.97 Å². The number of aromatic nitrogens is 2. The molecule has 104 valence electrons. The lowest BCUT2D eigenvalue weighted by Crippen LogP contribution is -2.12. The number of rotatable bonds is 2. The van der Waals surface area contributed by atoms with Gasteiger partial charge in [0, 0.05) is 33.9 Å². The SMILES string of the molecule is O=C(Nc1cccc2cc(Br)cnc12)c1ccnc(F)c1. The van der Waals surface area contributed by atoms with Gasteiger partial charge in [0.2, 0.25) is 5.95 Å². The molecule has 1 amide bonds. The third-order valence-electron chi connectivity index (χ3n) is 2.91. The molecule has 3 aromatic rings.